The average molecular weight is 526 g/mol. The number of rotatable bonds is 5. The van der Waals surface area contributed by atoms with Crippen LogP contribution in [0.25, 0.3) is 0 Å². The molecular formula is C31H36F3N2O2+. The first-order valence-corrected chi connectivity index (χ1v) is 13.6. The highest BCUT2D eigenvalue weighted by atomic mass is 19.4. The molecule has 1 unspecified atom stereocenters. The van der Waals surface area contributed by atoms with E-state index in [9.17, 15) is 18.0 Å². The maximum Gasteiger partial charge on any atom is 0.416 e. The molecule has 1 N–H and O–H groups in total. The molecule has 0 bridgehead atoms. The minimum Gasteiger partial charge on any atom is -0.497 e. The van der Waals surface area contributed by atoms with Crippen LogP contribution < -0.4 is 10.1 Å². The molecule has 0 spiro atoms. The molecule has 2 aliphatic carbocycles. The maximum absolute atomic E-state index is 12.8. The summed E-state index contributed by atoms with van der Waals surface area (Å²) >= 11 is 0. The molecular weight excluding hydrogens is 489 g/mol. The lowest BCUT2D eigenvalue weighted by Crippen LogP contribution is -2.62. The van der Waals surface area contributed by atoms with Crippen molar-refractivity contribution in [2.24, 2.45) is 11.8 Å². The molecule has 3 fully saturated rings. The normalized spacial score (nSPS) is 29.0. The number of nitrogens with one attached hydrogen (secondary N) is 1. The number of methoxy groups -OCH3 is 1. The number of nitrogens with zero attached hydrogens (tertiary/aromatic N) is 1. The van der Waals surface area contributed by atoms with Gasteiger partial charge in [0.15, 0.2) is 0 Å². The Morgan fingerprint density at radius 3 is 2.58 bits per heavy atom. The summed E-state index contributed by atoms with van der Waals surface area (Å²) in [5.41, 5.74) is 0.901. The molecule has 0 radical (unpaired) electrons. The van der Waals surface area contributed by atoms with Gasteiger partial charge in [-0.15, -0.1) is 0 Å². The predicted octanol–water partition coefficient (Wildman–Crippen LogP) is 5.55. The van der Waals surface area contributed by atoms with E-state index in [1.807, 2.05) is 6.07 Å². The topological polar surface area (TPSA) is 38.3 Å². The number of amides is 1. The second kappa shape index (κ2) is 10.3. The molecule has 1 saturated heterocycles. The summed E-state index contributed by atoms with van der Waals surface area (Å²) in [5.74, 6) is 7.16. The van der Waals surface area contributed by atoms with E-state index in [-0.39, 0.29) is 17.4 Å². The fraction of sp³-hybridized carbons (Fsp3) is 0.516. The highest BCUT2D eigenvalue weighted by Gasteiger charge is 2.53. The van der Waals surface area contributed by atoms with Gasteiger partial charge in [-0.3, -0.25) is 4.79 Å². The van der Waals surface area contributed by atoms with Crippen molar-refractivity contribution < 1.29 is 27.2 Å². The van der Waals surface area contributed by atoms with E-state index in [0.717, 1.165) is 67.1 Å². The first kappa shape index (κ1) is 26.6. The third kappa shape index (κ3) is 5.86. The van der Waals surface area contributed by atoms with E-state index < -0.39 is 11.7 Å². The number of quaternary nitrogens is 1. The number of carbonyl (C=O) groups excluding carboxylic acids is 1. The first-order chi connectivity index (χ1) is 18.1. The van der Waals surface area contributed by atoms with E-state index in [0.29, 0.717) is 11.5 Å². The molecule has 5 rings (SSSR count). The number of fused-ring (bicyclic) bond motifs is 1. The minimum atomic E-state index is -4.39. The van der Waals surface area contributed by atoms with Crippen LogP contribution in [0.3, 0.4) is 0 Å². The molecule has 2 saturated carbocycles. The number of likely N-dealkylation sites (tertiary alicyclic amines) is 1. The highest BCUT2D eigenvalue weighted by molar-refractivity contribution is 5.94. The zero-order chi connectivity index (χ0) is 27.0. The average Bonchev–Trinajstić information content (AvgIpc) is 3.71. The van der Waals surface area contributed by atoms with Gasteiger partial charge in [-0.1, -0.05) is 18.1 Å². The molecule has 2 aromatic rings. The number of carbonyl (C=O) groups is 1. The van der Waals surface area contributed by atoms with E-state index in [1.165, 1.54) is 37.1 Å². The third-order valence-corrected chi connectivity index (χ3v) is 8.92. The van der Waals surface area contributed by atoms with Crippen LogP contribution in [0, 0.1) is 23.7 Å². The summed E-state index contributed by atoms with van der Waals surface area (Å²) < 4.78 is 45.1. The van der Waals surface area contributed by atoms with Gasteiger partial charge in [-0.2, -0.15) is 13.2 Å². The number of hydrogen-bond acceptors (Lipinski definition) is 2. The SMILES string of the molecule is COc1cccc([C@@]23CC[N@+](C)(CC4CC4)CC2CC[C@H](NC(=O)C#Cc2ccc(C(F)(F)F)cc2)C3)c1. The zero-order valence-electron chi connectivity index (χ0n) is 22.1. The zero-order valence-corrected chi connectivity index (χ0v) is 22.1. The highest BCUT2D eigenvalue weighted by Crippen LogP contribution is 2.51. The Morgan fingerprint density at radius 2 is 1.89 bits per heavy atom. The molecule has 3 aliphatic rings. The molecule has 4 nitrogen and oxygen atoms in total. The fourth-order valence-corrected chi connectivity index (χ4v) is 6.79. The van der Waals surface area contributed by atoms with Crippen LogP contribution >= 0.6 is 0 Å². The fourth-order valence-electron chi connectivity index (χ4n) is 6.79. The molecule has 0 aromatic heterocycles. The number of benzene rings is 2. The Kier molecular flexibility index (Phi) is 7.21. The number of halogens is 3. The van der Waals surface area contributed by atoms with Crippen LogP contribution in [-0.2, 0) is 16.4 Å². The first-order valence-electron chi connectivity index (χ1n) is 13.6. The van der Waals surface area contributed by atoms with E-state index >= 15 is 0 Å². The smallest absolute Gasteiger partial charge is 0.416 e. The number of hydrogen-bond donors (Lipinski definition) is 1. The van der Waals surface area contributed by atoms with Crippen LogP contribution in [0.4, 0.5) is 13.2 Å². The minimum absolute atomic E-state index is 0.00727. The summed E-state index contributed by atoms with van der Waals surface area (Å²) in [6, 6.07) is 13.0. The molecule has 1 aliphatic heterocycles. The van der Waals surface area contributed by atoms with Crippen molar-refractivity contribution >= 4 is 5.91 Å². The van der Waals surface area contributed by atoms with Crippen LogP contribution in [0.5, 0.6) is 5.75 Å². The molecule has 1 amide bonds. The van der Waals surface area contributed by atoms with Gasteiger partial charge < -0.3 is 14.5 Å². The van der Waals surface area contributed by atoms with Crippen molar-refractivity contribution in [1.82, 2.24) is 5.32 Å². The quantitative estimate of drug-likeness (QED) is 0.411. The lowest BCUT2D eigenvalue weighted by atomic mass is 9.57. The molecule has 7 heteroatoms. The van der Waals surface area contributed by atoms with Crippen LogP contribution in [0.15, 0.2) is 48.5 Å². The van der Waals surface area contributed by atoms with Crippen LogP contribution in [-0.4, -0.2) is 50.2 Å². The van der Waals surface area contributed by atoms with Gasteiger partial charge in [0.1, 0.15) is 5.75 Å². The molecule has 2 aromatic carbocycles. The lowest BCUT2D eigenvalue weighted by Gasteiger charge is -2.55. The Hall–Kier alpha value is -2.98. The number of alkyl halides is 3. The molecule has 202 valence electrons. The lowest BCUT2D eigenvalue weighted by molar-refractivity contribution is -0.921. The van der Waals surface area contributed by atoms with Gasteiger partial charge >= 0.3 is 6.18 Å². The van der Waals surface area contributed by atoms with Crippen molar-refractivity contribution in [2.45, 2.75) is 56.2 Å². The van der Waals surface area contributed by atoms with Crippen molar-refractivity contribution in [3.05, 3.63) is 65.2 Å². The molecule has 38 heavy (non-hydrogen) atoms. The third-order valence-electron chi connectivity index (χ3n) is 8.92. The largest absolute Gasteiger partial charge is 0.497 e. The van der Waals surface area contributed by atoms with Crippen molar-refractivity contribution in [2.75, 3.05) is 33.8 Å². The van der Waals surface area contributed by atoms with E-state index in [4.69, 9.17) is 4.74 Å². The Bertz CT molecular complexity index is 1230. The number of ether oxygens (including phenoxy) is 1. The summed E-state index contributed by atoms with van der Waals surface area (Å²) in [6.45, 7) is 3.55. The Labute approximate surface area is 223 Å². The summed E-state index contributed by atoms with van der Waals surface area (Å²) in [4.78, 5) is 12.8. The van der Waals surface area contributed by atoms with Gasteiger partial charge in [-0.05, 0) is 74.1 Å². The van der Waals surface area contributed by atoms with Gasteiger partial charge in [0.05, 0.1) is 39.4 Å². The second-order valence-electron chi connectivity index (χ2n) is 11.8. The summed E-state index contributed by atoms with van der Waals surface area (Å²) in [6.07, 6.45) is 2.18. The predicted molar refractivity (Wildman–Crippen MR) is 140 cm³/mol. The van der Waals surface area contributed by atoms with Crippen LogP contribution in [0.1, 0.15) is 55.2 Å². The Balaban J connectivity index is 1.32. The van der Waals surface area contributed by atoms with E-state index in [2.05, 4.69) is 42.4 Å². The van der Waals surface area contributed by atoms with Crippen LogP contribution in [0.2, 0.25) is 0 Å². The maximum atomic E-state index is 12.8. The summed E-state index contributed by atoms with van der Waals surface area (Å²) in [7, 11) is 4.11. The monoisotopic (exact) mass is 525 g/mol. The van der Waals surface area contributed by atoms with Gasteiger partial charge in [0, 0.05) is 41.2 Å². The van der Waals surface area contributed by atoms with Crippen molar-refractivity contribution in [3.63, 3.8) is 0 Å². The van der Waals surface area contributed by atoms with Gasteiger partial charge in [0.2, 0.25) is 0 Å². The molecule has 4 atom stereocenters. The van der Waals surface area contributed by atoms with Crippen molar-refractivity contribution in [1.29, 1.82) is 0 Å². The summed E-state index contributed by atoms with van der Waals surface area (Å²) in [5, 5.41) is 3.11. The van der Waals surface area contributed by atoms with Crippen molar-refractivity contribution in [3.8, 4) is 17.6 Å². The van der Waals surface area contributed by atoms with Gasteiger partial charge in [0.25, 0.3) is 5.91 Å². The van der Waals surface area contributed by atoms with E-state index in [1.54, 1.807) is 7.11 Å². The second-order valence-corrected chi connectivity index (χ2v) is 11.8. The molecule has 1 heterocycles. The Morgan fingerprint density at radius 1 is 1.13 bits per heavy atom. The standard InChI is InChI=1S/C31H35F3N2O2/c1-36(20-23-6-7-23)17-16-30(25-4-3-5-28(18-25)38-2)19-27(14-13-26(30)21-36)35-29(37)15-10-22-8-11-24(12-9-22)31(32,33)34/h3-5,8-9,11-12,18,23,26-27H,6-7,13-14,16-17,19-21H2,1-2H3/p+1/t26?,27-,30-,36+/m0/s1. The van der Waals surface area contributed by atoms with Gasteiger partial charge in [-0.25, -0.2) is 0 Å². The number of piperidine rings is 1.